The van der Waals surface area contributed by atoms with Gasteiger partial charge in [0.15, 0.2) is 0 Å². The number of imide groups is 1. The Labute approximate surface area is 156 Å². The SMILES string of the molecule is CCC[N+](C)(C)CC(C)(C)CN1C(=O)c2cccc3cccc(c23)C1=O. The first kappa shape index (κ1) is 18.6. The molecular weight excluding hydrogens is 324 g/mol. The lowest BCUT2D eigenvalue weighted by Gasteiger charge is -2.40. The van der Waals surface area contributed by atoms with E-state index in [4.69, 9.17) is 0 Å². The second-order valence-electron chi connectivity index (χ2n) is 8.89. The summed E-state index contributed by atoms with van der Waals surface area (Å²) in [4.78, 5) is 27.6. The lowest BCUT2D eigenvalue weighted by Crippen LogP contribution is -2.52. The fraction of sp³-hybridized carbons (Fsp3) is 0.455. The lowest BCUT2D eigenvalue weighted by atomic mass is 9.88. The van der Waals surface area contributed by atoms with Gasteiger partial charge >= 0.3 is 0 Å². The predicted molar refractivity (Wildman–Crippen MR) is 105 cm³/mol. The van der Waals surface area contributed by atoms with Crippen molar-refractivity contribution in [3.05, 3.63) is 47.5 Å². The van der Waals surface area contributed by atoms with E-state index in [1.54, 1.807) is 0 Å². The molecule has 0 atom stereocenters. The summed E-state index contributed by atoms with van der Waals surface area (Å²) < 4.78 is 0.881. The maximum Gasteiger partial charge on any atom is 0.261 e. The molecule has 0 saturated carbocycles. The van der Waals surface area contributed by atoms with Crippen molar-refractivity contribution in [1.29, 1.82) is 0 Å². The number of carbonyl (C=O) groups is 2. The number of carbonyl (C=O) groups excluding carboxylic acids is 2. The summed E-state index contributed by atoms with van der Waals surface area (Å²) >= 11 is 0. The summed E-state index contributed by atoms with van der Waals surface area (Å²) in [7, 11) is 4.42. The molecule has 1 heterocycles. The molecule has 26 heavy (non-hydrogen) atoms. The van der Waals surface area contributed by atoms with Crippen molar-refractivity contribution in [3.8, 4) is 0 Å². The van der Waals surface area contributed by atoms with Gasteiger partial charge in [-0.05, 0) is 23.9 Å². The van der Waals surface area contributed by atoms with Crippen LogP contribution in [0.1, 0.15) is 47.9 Å². The molecule has 0 radical (unpaired) electrons. The van der Waals surface area contributed by atoms with Crippen molar-refractivity contribution in [3.63, 3.8) is 0 Å². The fourth-order valence-corrected chi connectivity index (χ4v) is 4.55. The highest BCUT2D eigenvalue weighted by Crippen LogP contribution is 2.32. The molecule has 2 aromatic carbocycles. The van der Waals surface area contributed by atoms with Gasteiger partial charge in [-0.3, -0.25) is 14.5 Å². The van der Waals surface area contributed by atoms with Crippen molar-refractivity contribution >= 4 is 22.6 Å². The Bertz CT molecular complexity index is 817. The summed E-state index contributed by atoms with van der Waals surface area (Å²) in [5.41, 5.74) is 1.11. The van der Waals surface area contributed by atoms with E-state index in [1.165, 1.54) is 4.90 Å². The Kier molecular flexibility index (Phi) is 4.65. The van der Waals surface area contributed by atoms with Crippen LogP contribution in [0.5, 0.6) is 0 Å². The zero-order valence-electron chi connectivity index (χ0n) is 16.5. The standard InChI is InChI=1S/C22H29N2O2/c1-6-13-24(4,5)15-22(2,3)14-23-20(25)17-11-7-9-16-10-8-12-18(19(16)17)21(23)26/h7-12H,6,13-15H2,1-5H3/q+1. The zero-order chi connectivity index (χ0) is 19.1. The summed E-state index contributed by atoms with van der Waals surface area (Å²) in [6.07, 6.45) is 1.11. The van der Waals surface area contributed by atoms with Gasteiger partial charge in [0.2, 0.25) is 0 Å². The zero-order valence-corrected chi connectivity index (χ0v) is 16.5. The molecule has 0 saturated heterocycles. The van der Waals surface area contributed by atoms with Gasteiger partial charge in [-0.15, -0.1) is 0 Å². The average molecular weight is 353 g/mol. The van der Waals surface area contributed by atoms with E-state index in [0.29, 0.717) is 17.7 Å². The number of rotatable bonds is 6. The van der Waals surface area contributed by atoms with Crippen molar-refractivity contribution in [1.82, 2.24) is 4.90 Å². The number of hydrogen-bond donors (Lipinski definition) is 0. The third kappa shape index (κ3) is 3.38. The molecule has 2 amide bonds. The van der Waals surface area contributed by atoms with E-state index in [-0.39, 0.29) is 17.2 Å². The minimum atomic E-state index is -0.173. The number of nitrogens with zero attached hydrogens (tertiary/aromatic N) is 2. The van der Waals surface area contributed by atoms with E-state index >= 15 is 0 Å². The van der Waals surface area contributed by atoms with Crippen molar-refractivity contribution in [2.75, 3.05) is 33.7 Å². The van der Waals surface area contributed by atoms with Crippen molar-refractivity contribution < 1.29 is 14.1 Å². The van der Waals surface area contributed by atoms with Gasteiger partial charge in [0, 0.05) is 28.5 Å². The second-order valence-corrected chi connectivity index (χ2v) is 8.89. The first-order valence-electron chi connectivity index (χ1n) is 9.35. The molecule has 0 spiro atoms. The van der Waals surface area contributed by atoms with Crippen LogP contribution in [0.15, 0.2) is 36.4 Å². The number of quaternary nitrogens is 1. The summed E-state index contributed by atoms with van der Waals surface area (Å²) in [6, 6.07) is 11.3. The molecule has 138 valence electrons. The largest absolute Gasteiger partial charge is 0.328 e. The minimum Gasteiger partial charge on any atom is -0.328 e. The van der Waals surface area contributed by atoms with Crippen LogP contribution in [0.4, 0.5) is 0 Å². The van der Waals surface area contributed by atoms with E-state index in [1.807, 2.05) is 36.4 Å². The highest BCUT2D eigenvalue weighted by molar-refractivity contribution is 6.25. The van der Waals surface area contributed by atoms with Crippen molar-refractivity contribution in [2.24, 2.45) is 5.41 Å². The van der Waals surface area contributed by atoms with E-state index in [2.05, 4.69) is 34.9 Å². The first-order chi connectivity index (χ1) is 12.2. The number of benzene rings is 2. The van der Waals surface area contributed by atoms with Crippen LogP contribution < -0.4 is 0 Å². The van der Waals surface area contributed by atoms with Crippen LogP contribution in [0, 0.1) is 5.41 Å². The second kappa shape index (κ2) is 6.51. The van der Waals surface area contributed by atoms with E-state index in [9.17, 15) is 9.59 Å². The summed E-state index contributed by atoms with van der Waals surface area (Å²) in [6.45, 7) is 8.88. The molecule has 3 rings (SSSR count). The van der Waals surface area contributed by atoms with Gasteiger partial charge < -0.3 is 4.48 Å². The normalized spacial score (nSPS) is 15.0. The average Bonchev–Trinajstić information content (AvgIpc) is 2.55. The topological polar surface area (TPSA) is 37.4 Å². The molecule has 4 nitrogen and oxygen atoms in total. The third-order valence-corrected chi connectivity index (χ3v) is 5.13. The summed E-state index contributed by atoms with van der Waals surface area (Å²) in [5.74, 6) is -0.346. The fourth-order valence-electron chi connectivity index (χ4n) is 4.55. The van der Waals surface area contributed by atoms with E-state index in [0.717, 1.165) is 34.8 Å². The van der Waals surface area contributed by atoms with Gasteiger partial charge in [0.05, 0.1) is 27.2 Å². The van der Waals surface area contributed by atoms with Crippen LogP contribution in [-0.4, -0.2) is 54.9 Å². The maximum atomic E-state index is 13.1. The molecule has 4 heteroatoms. The monoisotopic (exact) mass is 353 g/mol. The molecular formula is C22H29N2O2+. The minimum absolute atomic E-state index is 0.163. The van der Waals surface area contributed by atoms with Gasteiger partial charge in [0.1, 0.15) is 0 Å². The summed E-state index contributed by atoms with van der Waals surface area (Å²) in [5, 5.41) is 1.74. The molecule has 0 N–H and O–H groups in total. The Morgan fingerprint density at radius 1 is 0.962 bits per heavy atom. The van der Waals surface area contributed by atoms with Crippen LogP contribution in [-0.2, 0) is 0 Å². The lowest BCUT2D eigenvalue weighted by molar-refractivity contribution is -0.896. The quantitative estimate of drug-likeness (QED) is 0.582. The molecule has 1 aliphatic heterocycles. The van der Waals surface area contributed by atoms with Gasteiger partial charge in [-0.25, -0.2) is 0 Å². The Morgan fingerprint density at radius 2 is 1.50 bits per heavy atom. The predicted octanol–water partition coefficient (Wildman–Crippen LogP) is 3.95. The van der Waals surface area contributed by atoms with Crippen molar-refractivity contribution in [2.45, 2.75) is 27.2 Å². The Morgan fingerprint density at radius 3 is 2.00 bits per heavy atom. The molecule has 1 aliphatic rings. The van der Waals surface area contributed by atoms with Gasteiger partial charge in [-0.2, -0.15) is 0 Å². The van der Waals surface area contributed by atoms with E-state index < -0.39 is 0 Å². The van der Waals surface area contributed by atoms with Crippen LogP contribution in [0.25, 0.3) is 10.8 Å². The smallest absolute Gasteiger partial charge is 0.261 e. The Balaban J connectivity index is 1.93. The highest BCUT2D eigenvalue weighted by atomic mass is 16.2. The van der Waals surface area contributed by atoms with Gasteiger partial charge in [0.25, 0.3) is 11.8 Å². The van der Waals surface area contributed by atoms with Crippen LogP contribution in [0.3, 0.4) is 0 Å². The third-order valence-electron chi connectivity index (χ3n) is 5.13. The first-order valence-corrected chi connectivity index (χ1v) is 9.35. The highest BCUT2D eigenvalue weighted by Gasteiger charge is 2.38. The van der Waals surface area contributed by atoms with Crippen LogP contribution in [0.2, 0.25) is 0 Å². The van der Waals surface area contributed by atoms with Gasteiger partial charge in [-0.1, -0.05) is 45.0 Å². The van der Waals surface area contributed by atoms with Crippen LogP contribution >= 0.6 is 0 Å². The maximum absolute atomic E-state index is 13.1. The Hall–Kier alpha value is -2.20. The number of hydrogen-bond acceptors (Lipinski definition) is 2. The molecule has 0 bridgehead atoms. The number of amides is 2. The molecule has 0 unspecified atom stereocenters. The molecule has 0 aromatic heterocycles. The molecule has 2 aromatic rings. The molecule has 0 fully saturated rings. The molecule has 0 aliphatic carbocycles.